The largest absolute Gasteiger partial charge is 0.497 e. The van der Waals surface area contributed by atoms with Gasteiger partial charge in [-0.05, 0) is 82.6 Å². The van der Waals surface area contributed by atoms with Crippen molar-refractivity contribution in [3.8, 4) is 39.9 Å². The van der Waals surface area contributed by atoms with E-state index >= 15 is 4.39 Å². The van der Waals surface area contributed by atoms with Crippen LogP contribution in [0.15, 0.2) is 97.1 Å². The van der Waals surface area contributed by atoms with Gasteiger partial charge in [-0.25, -0.2) is 4.39 Å². The summed E-state index contributed by atoms with van der Waals surface area (Å²) in [6, 6.07) is 28.0. The molecule has 41 heavy (non-hydrogen) atoms. The lowest BCUT2D eigenvalue weighted by molar-refractivity contribution is 0.156. The van der Waals surface area contributed by atoms with Crippen LogP contribution in [0.5, 0.6) is 28.7 Å². The average molecular weight is 549 g/mol. The molecule has 0 saturated heterocycles. The maximum absolute atomic E-state index is 15.5. The Hall–Kier alpha value is -4.97. The first-order valence-corrected chi connectivity index (χ1v) is 13.2. The molecular weight excluding hydrogens is 519 g/mol. The highest BCUT2D eigenvalue weighted by molar-refractivity contribution is 6.05. The van der Waals surface area contributed by atoms with Crippen LogP contribution >= 0.6 is 0 Å². The standard InChI is InChI=1S/C35H29FO5/c1-37-24-13-9-22(10-14-24)27-19-32-26(28-20-33(39-3)34(40-4)21-29(27)28)17-18-35(41-32,30-7-5-6-8-31(30)36)23-11-15-25(38-2)16-12-23/h5-21H,1-4H3. The van der Waals surface area contributed by atoms with Crippen molar-refractivity contribution in [1.82, 2.24) is 0 Å². The molecule has 1 aliphatic rings. The van der Waals surface area contributed by atoms with E-state index in [4.69, 9.17) is 23.7 Å². The molecular formula is C35H29FO5. The molecule has 0 N–H and O–H groups in total. The van der Waals surface area contributed by atoms with E-state index in [2.05, 4.69) is 0 Å². The molecule has 0 bridgehead atoms. The highest BCUT2D eigenvalue weighted by atomic mass is 19.1. The minimum absolute atomic E-state index is 0.362. The molecule has 0 amide bonds. The lowest BCUT2D eigenvalue weighted by atomic mass is 9.82. The van der Waals surface area contributed by atoms with E-state index in [0.717, 1.165) is 38.8 Å². The number of benzene rings is 5. The summed E-state index contributed by atoms with van der Waals surface area (Å²) >= 11 is 0. The molecule has 0 aromatic heterocycles. The van der Waals surface area contributed by atoms with Crippen molar-refractivity contribution in [2.45, 2.75) is 5.60 Å². The number of fused-ring (bicyclic) bond motifs is 3. The summed E-state index contributed by atoms with van der Waals surface area (Å²) in [4.78, 5) is 0. The smallest absolute Gasteiger partial charge is 0.180 e. The van der Waals surface area contributed by atoms with Gasteiger partial charge in [0.1, 0.15) is 23.1 Å². The van der Waals surface area contributed by atoms with Crippen LogP contribution in [0.2, 0.25) is 0 Å². The van der Waals surface area contributed by atoms with Crippen molar-refractivity contribution in [2.75, 3.05) is 28.4 Å². The second-order valence-corrected chi connectivity index (χ2v) is 9.70. The monoisotopic (exact) mass is 548 g/mol. The average Bonchev–Trinajstić information content (AvgIpc) is 3.03. The van der Waals surface area contributed by atoms with Crippen LogP contribution < -0.4 is 23.7 Å². The predicted octanol–water partition coefficient (Wildman–Crippen LogP) is 8.03. The van der Waals surface area contributed by atoms with Gasteiger partial charge in [0.05, 0.1) is 28.4 Å². The summed E-state index contributed by atoms with van der Waals surface area (Å²) in [5.41, 5.74) is 2.71. The van der Waals surface area contributed by atoms with Crippen molar-refractivity contribution in [3.05, 3.63) is 120 Å². The summed E-state index contributed by atoms with van der Waals surface area (Å²) in [5.74, 6) is 2.92. The Morgan fingerprint density at radius 3 is 1.88 bits per heavy atom. The van der Waals surface area contributed by atoms with Gasteiger partial charge in [-0.15, -0.1) is 0 Å². The van der Waals surface area contributed by atoms with Crippen LogP contribution in [0.4, 0.5) is 4.39 Å². The maximum atomic E-state index is 15.5. The summed E-state index contributed by atoms with van der Waals surface area (Å²) in [5, 5.41) is 1.88. The van der Waals surface area contributed by atoms with Gasteiger partial charge >= 0.3 is 0 Å². The summed E-state index contributed by atoms with van der Waals surface area (Å²) in [6.45, 7) is 0. The summed E-state index contributed by atoms with van der Waals surface area (Å²) < 4.78 is 44.5. The molecule has 0 aliphatic carbocycles. The lowest BCUT2D eigenvalue weighted by Crippen LogP contribution is -2.35. The molecule has 1 heterocycles. The highest BCUT2D eigenvalue weighted by Gasteiger charge is 2.40. The normalized spacial score (nSPS) is 15.6. The van der Waals surface area contributed by atoms with Crippen molar-refractivity contribution >= 4 is 16.8 Å². The highest BCUT2D eigenvalue weighted by Crippen LogP contribution is 2.49. The van der Waals surface area contributed by atoms with Gasteiger partial charge in [0.2, 0.25) is 0 Å². The molecule has 206 valence electrons. The fourth-order valence-electron chi connectivity index (χ4n) is 5.47. The SMILES string of the molecule is COc1ccc(-c2cc3c(c4cc(OC)c(OC)cc24)C=CC(c2ccc(OC)cc2)(c2ccccc2F)O3)cc1. The Labute approximate surface area is 238 Å². The number of methoxy groups -OCH3 is 4. The van der Waals surface area contributed by atoms with E-state index in [1.165, 1.54) is 6.07 Å². The molecule has 5 aromatic carbocycles. The summed E-state index contributed by atoms with van der Waals surface area (Å²) in [7, 11) is 6.49. The molecule has 0 radical (unpaired) electrons. The minimum atomic E-state index is -1.22. The molecule has 5 nitrogen and oxygen atoms in total. The third-order valence-corrected chi connectivity index (χ3v) is 7.59. The van der Waals surface area contributed by atoms with E-state index in [1.54, 1.807) is 40.6 Å². The Morgan fingerprint density at radius 1 is 0.659 bits per heavy atom. The Morgan fingerprint density at radius 2 is 1.27 bits per heavy atom. The number of ether oxygens (including phenoxy) is 5. The van der Waals surface area contributed by atoms with Gasteiger partial charge in [0.25, 0.3) is 0 Å². The molecule has 6 rings (SSSR count). The zero-order chi connectivity index (χ0) is 28.6. The van der Waals surface area contributed by atoms with E-state index in [1.807, 2.05) is 84.9 Å². The zero-order valence-corrected chi connectivity index (χ0v) is 23.2. The molecule has 0 spiro atoms. The molecule has 1 unspecified atom stereocenters. The van der Waals surface area contributed by atoms with Gasteiger partial charge in [-0.3, -0.25) is 0 Å². The van der Waals surface area contributed by atoms with Crippen molar-refractivity contribution in [3.63, 3.8) is 0 Å². The predicted molar refractivity (Wildman–Crippen MR) is 159 cm³/mol. The zero-order valence-electron chi connectivity index (χ0n) is 23.2. The van der Waals surface area contributed by atoms with E-state index in [-0.39, 0.29) is 5.82 Å². The Balaban J connectivity index is 1.63. The second kappa shape index (κ2) is 10.5. The fourth-order valence-corrected chi connectivity index (χ4v) is 5.47. The van der Waals surface area contributed by atoms with Crippen molar-refractivity contribution in [2.24, 2.45) is 0 Å². The molecule has 6 heteroatoms. The van der Waals surface area contributed by atoms with Crippen LogP contribution in [-0.4, -0.2) is 28.4 Å². The van der Waals surface area contributed by atoms with Crippen LogP contribution in [0.3, 0.4) is 0 Å². The minimum Gasteiger partial charge on any atom is -0.497 e. The molecule has 5 aromatic rings. The Bertz CT molecular complexity index is 1760. The van der Waals surface area contributed by atoms with Gasteiger partial charge in [-0.1, -0.05) is 42.5 Å². The van der Waals surface area contributed by atoms with Gasteiger partial charge in [0.15, 0.2) is 17.1 Å². The number of hydrogen-bond acceptors (Lipinski definition) is 5. The van der Waals surface area contributed by atoms with Crippen LogP contribution in [-0.2, 0) is 5.60 Å². The van der Waals surface area contributed by atoms with E-state index < -0.39 is 5.60 Å². The molecule has 1 atom stereocenters. The fraction of sp³-hybridized carbons (Fsp3) is 0.143. The molecule has 1 aliphatic heterocycles. The van der Waals surface area contributed by atoms with Crippen LogP contribution in [0.25, 0.3) is 28.0 Å². The summed E-state index contributed by atoms with van der Waals surface area (Å²) in [6.07, 6.45) is 3.92. The van der Waals surface area contributed by atoms with E-state index in [9.17, 15) is 0 Å². The first-order chi connectivity index (χ1) is 20.0. The maximum Gasteiger partial charge on any atom is 0.180 e. The number of halogens is 1. The quantitative estimate of drug-likeness (QED) is 0.206. The second-order valence-electron chi connectivity index (χ2n) is 9.70. The number of hydrogen-bond donors (Lipinski definition) is 0. The first kappa shape index (κ1) is 26.3. The van der Waals surface area contributed by atoms with Gasteiger partial charge < -0.3 is 23.7 Å². The molecule has 0 saturated carbocycles. The third kappa shape index (κ3) is 4.42. The van der Waals surface area contributed by atoms with Crippen LogP contribution in [0, 0.1) is 5.82 Å². The van der Waals surface area contributed by atoms with Gasteiger partial charge in [-0.2, -0.15) is 0 Å². The van der Waals surface area contributed by atoms with Crippen molar-refractivity contribution < 1.29 is 28.1 Å². The van der Waals surface area contributed by atoms with Crippen LogP contribution in [0.1, 0.15) is 16.7 Å². The van der Waals surface area contributed by atoms with E-state index in [0.29, 0.717) is 28.6 Å². The van der Waals surface area contributed by atoms with Gasteiger partial charge in [0, 0.05) is 16.7 Å². The Kier molecular flexibility index (Phi) is 6.75. The lowest BCUT2D eigenvalue weighted by Gasteiger charge is -2.37. The third-order valence-electron chi connectivity index (χ3n) is 7.59. The topological polar surface area (TPSA) is 46.2 Å². The number of rotatable bonds is 7. The molecule has 0 fully saturated rings. The first-order valence-electron chi connectivity index (χ1n) is 13.2. The van der Waals surface area contributed by atoms with Crippen molar-refractivity contribution in [1.29, 1.82) is 0 Å².